The van der Waals surface area contributed by atoms with E-state index in [9.17, 15) is 4.79 Å². The molecule has 0 aromatic carbocycles. The second-order valence-electron chi connectivity index (χ2n) is 4.11. The first-order chi connectivity index (χ1) is 7.25. The summed E-state index contributed by atoms with van der Waals surface area (Å²) in [6.45, 7) is 8.91. The Kier molecular flexibility index (Phi) is 8.61. The molecule has 5 heteroatoms. The fourth-order valence-electron chi connectivity index (χ4n) is 1.82. The van der Waals surface area contributed by atoms with Gasteiger partial charge in [-0.05, 0) is 26.3 Å². The maximum Gasteiger partial charge on any atom is 0.237 e. The van der Waals surface area contributed by atoms with Crippen LogP contribution < -0.4 is 10.6 Å². The van der Waals surface area contributed by atoms with Crippen LogP contribution in [-0.4, -0.2) is 49.6 Å². The van der Waals surface area contributed by atoms with Crippen molar-refractivity contribution in [2.45, 2.75) is 32.7 Å². The molecule has 1 amide bonds. The molecule has 0 spiro atoms. The number of rotatable bonds is 4. The predicted octanol–water partition coefficient (Wildman–Crippen LogP) is 0.618. The molecule has 0 saturated carbocycles. The Morgan fingerprint density at radius 1 is 1.44 bits per heavy atom. The van der Waals surface area contributed by atoms with Crippen LogP contribution in [0.3, 0.4) is 0 Å². The molecule has 1 heterocycles. The van der Waals surface area contributed by atoms with Crippen molar-refractivity contribution >= 4 is 18.3 Å². The van der Waals surface area contributed by atoms with Gasteiger partial charge < -0.3 is 10.6 Å². The van der Waals surface area contributed by atoms with Crippen molar-refractivity contribution in [2.75, 3.05) is 32.7 Å². The summed E-state index contributed by atoms with van der Waals surface area (Å²) >= 11 is 0. The molecule has 2 N–H and O–H groups in total. The van der Waals surface area contributed by atoms with Gasteiger partial charge in [0.15, 0.2) is 0 Å². The molecule has 0 bridgehead atoms. The summed E-state index contributed by atoms with van der Waals surface area (Å²) in [6, 6.07) is 0.0106. The quantitative estimate of drug-likeness (QED) is 0.768. The van der Waals surface area contributed by atoms with Crippen LogP contribution in [0.2, 0.25) is 0 Å². The minimum absolute atomic E-state index is 0. The average Bonchev–Trinajstić information content (AvgIpc) is 2.53. The molecule has 1 unspecified atom stereocenters. The van der Waals surface area contributed by atoms with Crippen LogP contribution >= 0.6 is 12.4 Å². The summed E-state index contributed by atoms with van der Waals surface area (Å²) in [5.41, 5.74) is 0. The van der Waals surface area contributed by atoms with Crippen LogP contribution in [0.1, 0.15) is 26.7 Å². The highest BCUT2D eigenvalue weighted by atomic mass is 35.5. The van der Waals surface area contributed by atoms with Crippen molar-refractivity contribution < 1.29 is 4.79 Å². The molecule has 1 fully saturated rings. The van der Waals surface area contributed by atoms with Crippen LogP contribution in [0.4, 0.5) is 0 Å². The molecule has 1 atom stereocenters. The zero-order chi connectivity index (χ0) is 11.1. The molecule has 0 aromatic rings. The van der Waals surface area contributed by atoms with Crippen molar-refractivity contribution in [3.05, 3.63) is 0 Å². The second kappa shape index (κ2) is 8.79. The Balaban J connectivity index is 0.00000225. The number of nitrogens with zero attached hydrogens (tertiary/aromatic N) is 1. The van der Waals surface area contributed by atoms with Crippen molar-refractivity contribution in [3.8, 4) is 0 Å². The molecule has 0 aromatic heterocycles. The minimum atomic E-state index is 0. The summed E-state index contributed by atoms with van der Waals surface area (Å²) in [6.07, 6.45) is 2.13. The van der Waals surface area contributed by atoms with Gasteiger partial charge in [0.05, 0.1) is 6.04 Å². The predicted molar refractivity (Wildman–Crippen MR) is 69.1 cm³/mol. The van der Waals surface area contributed by atoms with Gasteiger partial charge in [-0.3, -0.25) is 9.69 Å². The van der Waals surface area contributed by atoms with Gasteiger partial charge in [0.1, 0.15) is 0 Å². The van der Waals surface area contributed by atoms with E-state index in [0.29, 0.717) is 0 Å². The Labute approximate surface area is 105 Å². The first-order valence-corrected chi connectivity index (χ1v) is 5.98. The van der Waals surface area contributed by atoms with Gasteiger partial charge in [0.2, 0.25) is 5.91 Å². The normalized spacial score (nSPS) is 19.4. The largest absolute Gasteiger partial charge is 0.355 e. The van der Waals surface area contributed by atoms with Crippen LogP contribution in [0.25, 0.3) is 0 Å². The average molecular weight is 250 g/mol. The van der Waals surface area contributed by atoms with Crippen LogP contribution in [0.5, 0.6) is 0 Å². The molecular weight excluding hydrogens is 226 g/mol. The lowest BCUT2D eigenvalue weighted by molar-refractivity contribution is -0.125. The summed E-state index contributed by atoms with van der Waals surface area (Å²) in [5, 5.41) is 6.29. The lowest BCUT2D eigenvalue weighted by Gasteiger charge is -2.26. The third-order valence-corrected chi connectivity index (χ3v) is 2.85. The summed E-state index contributed by atoms with van der Waals surface area (Å²) in [7, 11) is 0. The molecule has 1 aliphatic heterocycles. The minimum Gasteiger partial charge on any atom is -0.355 e. The number of hydrogen-bond donors (Lipinski definition) is 2. The number of hydrogen-bond acceptors (Lipinski definition) is 3. The zero-order valence-electron chi connectivity index (χ0n) is 10.3. The van der Waals surface area contributed by atoms with Crippen molar-refractivity contribution in [1.82, 2.24) is 15.5 Å². The topological polar surface area (TPSA) is 44.4 Å². The third-order valence-electron chi connectivity index (χ3n) is 2.85. The van der Waals surface area contributed by atoms with Crippen molar-refractivity contribution in [2.24, 2.45) is 0 Å². The van der Waals surface area contributed by atoms with E-state index in [1.54, 1.807) is 0 Å². The van der Waals surface area contributed by atoms with Gasteiger partial charge in [-0.2, -0.15) is 0 Å². The van der Waals surface area contributed by atoms with Crippen LogP contribution in [0, 0.1) is 0 Å². The van der Waals surface area contributed by atoms with Crippen molar-refractivity contribution in [3.63, 3.8) is 0 Å². The Morgan fingerprint density at radius 3 is 2.88 bits per heavy atom. The van der Waals surface area contributed by atoms with E-state index in [0.717, 1.165) is 45.6 Å². The van der Waals surface area contributed by atoms with Gasteiger partial charge in [0.25, 0.3) is 0 Å². The van der Waals surface area contributed by atoms with E-state index in [-0.39, 0.29) is 24.4 Å². The lowest BCUT2D eigenvalue weighted by atomic mass is 10.2. The third kappa shape index (κ3) is 5.14. The Bertz CT molecular complexity index is 194. The van der Waals surface area contributed by atoms with E-state index >= 15 is 0 Å². The molecule has 16 heavy (non-hydrogen) atoms. The first kappa shape index (κ1) is 15.7. The van der Waals surface area contributed by atoms with Gasteiger partial charge in [0, 0.05) is 26.2 Å². The highest BCUT2D eigenvalue weighted by Crippen LogP contribution is 2.02. The SMILES string of the molecule is CCCNC(=O)C(C)N1CCCNCC1.Cl. The lowest BCUT2D eigenvalue weighted by Crippen LogP contribution is -2.46. The van der Waals surface area contributed by atoms with E-state index in [1.807, 2.05) is 6.92 Å². The maximum atomic E-state index is 11.7. The molecular formula is C11H24ClN3O. The van der Waals surface area contributed by atoms with E-state index in [2.05, 4.69) is 22.5 Å². The van der Waals surface area contributed by atoms with Gasteiger partial charge >= 0.3 is 0 Å². The van der Waals surface area contributed by atoms with Gasteiger partial charge in [-0.15, -0.1) is 12.4 Å². The molecule has 1 aliphatic rings. The second-order valence-corrected chi connectivity index (χ2v) is 4.11. The maximum absolute atomic E-state index is 11.7. The van der Waals surface area contributed by atoms with Gasteiger partial charge in [-0.25, -0.2) is 0 Å². The Hall–Kier alpha value is -0.320. The number of carbonyl (C=O) groups is 1. The number of halogens is 1. The molecule has 96 valence electrons. The standard InChI is InChI=1S/C11H23N3O.ClH/c1-3-5-13-11(15)10(2)14-8-4-6-12-7-9-14;/h10,12H,3-9H2,1-2H3,(H,13,15);1H. The van der Waals surface area contributed by atoms with E-state index in [1.165, 1.54) is 0 Å². The fraction of sp³-hybridized carbons (Fsp3) is 0.909. The van der Waals surface area contributed by atoms with Crippen molar-refractivity contribution in [1.29, 1.82) is 0 Å². The van der Waals surface area contributed by atoms with Crippen LogP contribution in [0.15, 0.2) is 0 Å². The summed E-state index contributed by atoms with van der Waals surface area (Å²) in [4.78, 5) is 14.0. The Morgan fingerprint density at radius 2 is 2.19 bits per heavy atom. The summed E-state index contributed by atoms with van der Waals surface area (Å²) < 4.78 is 0. The highest BCUT2D eigenvalue weighted by Gasteiger charge is 2.21. The fourth-order valence-corrected chi connectivity index (χ4v) is 1.82. The number of amides is 1. The van der Waals surface area contributed by atoms with Crippen LogP contribution in [-0.2, 0) is 4.79 Å². The molecule has 1 saturated heterocycles. The number of carbonyl (C=O) groups excluding carboxylic acids is 1. The van der Waals surface area contributed by atoms with E-state index in [4.69, 9.17) is 0 Å². The highest BCUT2D eigenvalue weighted by molar-refractivity contribution is 5.85. The van der Waals surface area contributed by atoms with E-state index < -0.39 is 0 Å². The molecule has 0 aliphatic carbocycles. The molecule has 4 nitrogen and oxygen atoms in total. The zero-order valence-corrected chi connectivity index (χ0v) is 11.1. The first-order valence-electron chi connectivity index (χ1n) is 5.98. The molecule has 1 rings (SSSR count). The summed E-state index contributed by atoms with van der Waals surface area (Å²) in [5.74, 6) is 0.166. The smallest absolute Gasteiger partial charge is 0.237 e. The number of nitrogens with one attached hydrogen (secondary N) is 2. The van der Waals surface area contributed by atoms with Gasteiger partial charge in [-0.1, -0.05) is 6.92 Å². The molecule has 0 radical (unpaired) electrons. The monoisotopic (exact) mass is 249 g/mol.